The van der Waals surface area contributed by atoms with E-state index >= 15 is 0 Å². The van der Waals surface area contributed by atoms with Crippen molar-refractivity contribution in [3.05, 3.63) is 0 Å². The molecular weight excluding hydrogens is 877 g/mol. The lowest BCUT2D eigenvalue weighted by Crippen LogP contribution is -2.30. The lowest BCUT2D eigenvalue weighted by Gasteiger charge is -2.18. The van der Waals surface area contributed by atoms with E-state index < -0.39 is 6.10 Å². The highest BCUT2D eigenvalue weighted by Crippen LogP contribution is 2.19. The Morgan fingerprint density at radius 2 is 0.465 bits per heavy atom. The Morgan fingerprint density at radius 3 is 0.690 bits per heavy atom. The highest BCUT2D eigenvalue weighted by molar-refractivity contribution is 5.71. The Hall–Kier alpha value is -1.59. The Bertz CT molecular complexity index is 1090. The molecule has 0 aromatic carbocycles. The molecule has 0 saturated heterocycles. The van der Waals surface area contributed by atoms with Gasteiger partial charge in [0, 0.05) is 19.3 Å². The van der Waals surface area contributed by atoms with Crippen LogP contribution in [-0.4, -0.2) is 37.2 Å². The number of hydrogen-bond donors (Lipinski definition) is 0. The lowest BCUT2D eigenvalue weighted by molar-refractivity contribution is -0.167. The average Bonchev–Trinajstić information content (AvgIpc) is 3.35. The van der Waals surface area contributed by atoms with Crippen LogP contribution in [0.15, 0.2) is 0 Å². The van der Waals surface area contributed by atoms with Crippen molar-refractivity contribution in [2.75, 3.05) is 13.2 Å². The van der Waals surface area contributed by atoms with Gasteiger partial charge in [-0.05, 0) is 31.1 Å². The molecule has 0 radical (unpaired) electrons. The van der Waals surface area contributed by atoms with E-state index in [2.05, 4.69) is 34.6 Å². The summed E-state index contributed by atoms with van der Waals surface area (Å²) in [4.78, 5) is 38.3. The monoisotopic (exact) mass is 1000 g/mol. The molecule has 0 aliphatic heterocycles. The van der Waals surface area contributed by atoms with Gasteiger partial charge in [-0.25, -0.2) is 0 Å². The van der Waals surface area contributed by atoms with Gasteiger partial charge in [-0.2, -0.15) is 0 Å². The van der Waals surface area contributed by atoms with Crippen LogP contribution in [0.2, 0.25) is 0 Å². The van der Waals surface area contributed by atoms with Crippen molar-refractivity contribution in [3.63, 3.8) is 0 Å². The maximum atomic E-state index is 12.9. The minimum Gasteiger partial charge on any atom is -0.462 e. The van der Waals surface area contributed by atoms with Crippen LogP contribution in [0.4, 0.5) is 0 Å². The molecule has 0 amide bonds. The lowest BCUT2D eigenvalue weighted by atomic mass is 10.0. The zero-order chi connectivity index (χ0) is 51.8. The summed E-state index contributed by atoms with van der Waals surface area (Å²) in [6, 6.07) is 0. The predicted molar refractivity (Wildman–Crippen MR) is 307 cm³/mol. The van der Waals surface area contributed by atoms with Crippen LogP contribution >= 0.6 is 0 Å². The maximum absolute atomic E-state index is 12.9. The molecule has 0 unspecified atom stereocenters. The van der Waals surface area contributed by atoms with Crippen molar-refractivity contribution in [1.82, 2.24) is 0 Å². The average molecular weight is 1000 g/mol. The largest absolute Gasteiger partial charge is 0.462 e. The molecule has 0 N–H and O–H groups in total. The highest BCUT2D eigenvalue weighted by atomic mass is 16.6. The van der Waals surface area contributed by atoms with E-state index in [0.717, 1.165) is 69.6 Å². The first kappa shape index (κ1) is 69.4. The molecule has 6 heteroatoms. The van der Waals surface area contributed by atoms with Crippen LogP contribution < -0.4 is 0 Å². The summed E-state index contributed by atoms with van der Waals surface area (Å²) in [6.45, 7) is 11.5. The molecule has 6 nitrogen and oxygen atoms in total. The maximum Gasteiger partial charge on any atom is 0.306 e. The number of rotatable bonds is 59. The van der Waals surface area contributed by atoms with Crippen molar-refractivity contribution in [1.29, 1.82) is 0 Å². The van der Waals surface area contributed by atoms with Crippen LogP contribution in [0, 0.1) is 11.8 Å². The smallest absolute Gasteiger partial charge is 0.306 e. The molecule has 0 aromatic heterocycles. The minimum atomic E-state index is -0.764. The van der Waals surface area contributed by atoms with Gasteiger partial charge in [0.05, 0.1) is 0 Å². The Balaban J connectivity index is 4.29. The van der Waals surface area contributed by atoms with Gasteiger partial charge in [0.15, 0.2) is 6.10 Å². The third-order valence-electron chi connectivity index (χ3n) is 15.0. The van der Waals surface area contributed by atoms with Gasteiger partial charge in [-0.3, -0.25) is 14.4 Å². The summed E-state index contributed by atoms with van der Waals surface area (Å²) in [7, 11) is 0. The van der Waals surface area contributed by atoms with Gasteiger partial charge in [0.25, 0.3) is 0 Å². The van der Waals surface area contributed by atoms with E-state index in [-0.39, 0.29) is 31.1 Å². The van der Waals surface area contributed by atoms with Gasteiger partial charge in [-0.1, -0.05) is 330 Å². The molecule has 71 heavy (non-hydrogen) atoms. The second kappa shape index (κ2) is 57.7. The highest BCUT2D eigenvalue weighted by Gasteiger charge is 2.19. The molecule has 0 aromatic rings. The molecule has 0 rings (SSSR count). The third-order valence-corrected chi connectivity index (χ3v) is 15.0. The molecule has 0 fully saturated rings. The van der Waals surface area contributed by atoms with Gasteiger partial charge in [0.2, 0.25) is 0 Å². The van der Waals surface area contributed by atoms with E-state index in [1.54, 1.807) is 0 Å². The minimum absolute atomic E-state index is 0.0619. The van der Waals surface area contributed by atoms with Crippen LogP contribution in [0.1, 0.15) is 369 Å². The summed E-state index contributed by atoms with van der Waals surface area (Å²) in [5, 5.41) is 0. The Kier molecular flexibility index (Phi) is 56.4. The van der Waals surface area contributed by atoms with Crippen molar-refractivity contribution < 1.29 is 28.6 Å². The number of ether oxygens (including phenoxy) is 3. The fourth-order valence-corrected chi connectivity index (χ4v) is 10.1. The molecule has 0 bridgehead atoms. The summed E-state index contributed by atoms with van der Waals surface area (Å²) < 4.78 is 17.0. The molecule has 0 saturated carbocycles. The zero-order valence-electron chi connectivity index (χ0n) is 48.9. The normalized spacial score (nSPS) is 12.0. The summed E-state index contributed by atoms with van der Waals surface area (Å²) in [6.07, 6.45) is 63.9. The van der Waals surface area contributed by atoms with E-state index in [9.17, 15) is 14.4 Å². The van der Waals surface area contributed by atoms with Crippen LogP contribution in [0.3, 0.4) is 0 Å². The van der Waals surface area contributed by atoms with Gasteiger partial charge in [-0.15, -0.1) is 0 Å². The number of carbonyl (C=O) groups excluding carboxylic acids is 3. The standard InChI is InChI=1S/C65H126O6/c1-6-7-8-9-10-11-12-13-14-15-16-17-20-26-32-37-42-47-52-57-65(68)71-62(59-70-64(67)56-51-46-41-36-31-27-22-24-29-34-39-44-49-54-61(4)5)58-69-63(66)55-50-45-40-35-30-25-21-18-19-23-28-33-38-43-48-53-60(2)3/h60-62H,6-59H2,1-5H3/t62-/m1/s1. The molecule has 422 valence electrons. The summed E-state index contributed by atoms with van der Waals surface area (Å²) in [5.74, 6) is 0.858. The van der Waals surface area contributed by atoms with Crippen LogP contribution in [-0.2, 0) is 28.6 Å². The number of unbranched alkanes of at least 4 members (excludes halogenated alkanes) is 44. The second-order valence-electron chi connectivity index (χ2n) is 23.4. The quantitative estimate of drug-likeness (QED) is 0.0343. The predicted octanol–water partition coefficient (Wildman–Crippen LogP) is 21.6. The number of esters is 3. The van der Waals surface area contributed by atoms with Crippen LogP contribution in [0.25, 0.3) is 0 Å². The third kappa shape index (κ3) is 59.2. The first-order chi connectivity index (χ1) is 34.7. The Morgan fingerprint density at radius 1 is 0.268 bits per heavy atom. The van der Waals surface area contributed by atoms with Gasteiger partial charge < -0.3 is 14.2 Å². The summed E-state index contributed by atoms with van der Waals surface area (Å²) in [5.41, 5.74) is 0. The molecule has 0 aliphatic carbocycles. The van der Waals surface area contributed by atoms with E-state index in [1.807, 2.05) is 0 Å². The topological polar surface area (TPSA) is 78.9 Å². The molecular formula is C65H126O6. The second-order valence-corrected chi connectivity index (χ2v) is 23.4. The Labute approximate surface area is 444 Å². The fraction of sp³-hybridized carbons (Fsp3) is 0.954. The fourth-order valence-electron chi connectivity index (χ4n) is 10.1. The SMILES string of the molecule is CCCCCCCCCCCCCCCCCCCCCC(=O)O[C@H](COC(=O)CCCCCCCCCCCCCCCCCC(C)C)COC(=O)CCCCCCCCCCCCCCCC(C)C. The van der Waals surface area contributed by atoms with Crippen molar-refractivity contribution >= 4 is 17.9 Å². The van der Waals surface area contributed by atoms with Gasteiger partial charge >= 0.3 is 17.9 Å². The van der Waals surface area contributed by atoms with Crippen molar-refractivity contribution in [2.45, 2.75) is 375 Å². The molecule has 0 spiro atoms. The zero-order valence-corrected chi connectivity index (χ0v) is 48.9. The number of carbonyl (C=O) groups is 3. The van der Waals surface area contributed by atoms with Gasteiger partial charge in [0.1, 0.15) is 13.2 Å². The van der Waals surface area contributed by atoms with Crippen molar-refractivity contribution in [3.8, 4) is 0 Å². The van der Waals surface area contributed by atoms with E-state index in [1.165, 1.54) is 257 Å². The van der Waals surface area contributed by atoms with E-state index in [4.69, 9.17) is 14.2 Å². The first-order valence-corrected chi connectivity index (χ1v) is 32.2. The molecule has 0 heterocycles. The van der Waals surface area contributed by atoms with Crippen molar-refractivity contribution in [2.24, 2.45) is 11.8 Å². The summed E-state index contributed by atoms with van der Waals surface area (Å²) >= 11 is 0. The molecule has 0 aliphatic rings. The van der Waals surface area contributed by atoms with Crippen LogP contribution in [0.5, 0.6) is 0 Å². The van der Waals surface area contributed by atoms with E-state index in [0.29, 0.717) is 19.3 Å². The first-order valence-electron chi connectivity index (χ1n) is 32.2. The molecule has 1 atom stereocenters. The number of hydrogen-bond acceptors (Lipinski definition) is 6.